The van der Waals surface area contributed by atoms with Crippen LogP contribution in [0.1, 0.15) is 11.1 Å². The van der Waals surface area contributed by atoms with E-state index in [-0.39, 0.29) is 11.7 Å². The van der Waals surface area contributed by atoms with Crippen LogP contribution >= 0.6 is 39.3 Å². The van der Waals surface area contributed by atoms with Crippen LogP contribution in [0.4, 0.5) is 0 Å². The van der Waals surface area contributed by atoms with E-state index < -0.39 is 0 Å². The lowest BCUT2D eigenvalue weighted by Crippen LogP contribution is -2.20. The molecule has 0 spiro atoms. The molecule has 0 saturated heterocycles. The van der Waals surface area contributed by atoms with Crippen molar-refractivity contribution in [3.63, 3.8) is 0 Å². The molecule has 166 valence electrons. The van der Waals surface area contributed by atoms with Crippen LogP contribution in [0.5, 0.6) is 0 Å². The molecule has 9 heteroatoms. The third-order valence-electron chi connectivity index (χ3n) is 4.66. The smallest absolute Gasteiger partial charge is 0.250 e. The van der Waals surface area contributed by atoms with Crippen molar-refractivity contribution < 1.29 is 4.79 Å². The van der Waals surface area contributed by atoms with Gasteiger partial charge in [0.1, 0.15) is 0 Å². The fraction of sp³-hybridized carbons (Fsp3) is 0.0833. The Bertz CT molecular complexity index is 1290. The number of nitrogens with one attached hydrogen (secondary N) is 1. The van der Waals surface area contributed by atoms with Crippen molar-refractivity contribution in [2.45, 2.75) is 12.1 Å². The molecule has 4 rings (SSSR count). The van der Waals surface area contributed by atoms with Gasteiger partial charge >= 0.3 is 0 Å². The summed E-state index contributed by atoms with van der Waals surface area (Å²) in [6, 6.07) is 23.1. The van der Waals surface area contributed by atoms with Gasteiger partial charge in [-0.05, 0) is 37.3 Å². The second kappa shape index (κ2) is 10.8. The van der Waals surface area contributed by atoms with Crippen LogP contribution in [0.15, 0.2) is 87.5 Å². The van der Waals surface area contributed by atoms with Gasteiger partial charge in [-0.3, -0.25) is 9.36 Å². The quantitative estimate of drug-likeness (QED) is 0.180. The van der Waals surface area contributed by atoms with Crippen LogP contribution in [0.2, 0.25) is 5.02 Å². The zero-order valence-corrected chi connectivity index (χ0v) is 20.7. The van der Waals surface area contributed by atoms with E-state index in [9.17, 15) is 4.79 Å². The van der Waals surface area contributed by atoms with Crippen molar-refractivity contribution in [1.29, 1.82) is 0 Å². The summed E-state index contributed by atoms with van der Waals surface area (Å²) < 4.78 is 2.82. The number of hydrogen-bond donors (Lipinski definition) is 1. The number of carbonyl (C=O) groups is 1. The summed E-state index contributed by atoms with van der Waals surface area (Å²) >= 11 is 10.8. The fourth-order valence-corrected chi connectivity index (χ4v) is 4.25. The Morgan fingerprint density at radius 2 is 1.82 bits per heavy atom. The Kier molecular flexibility index (Phi) is 7.59. The normalized spacial score (nSPS) is 11.1. The molecule has 0 unspecified atom stereocenters. The summed E-state index contributed by atoms with van der Waals surface area (Å²) in [5.74, 6) is 0.574. The minimum atomic E-state index is -0.245. The predicted molar refractivity (Wildman–Crippen MR) is 137 cm³/mol. The molecule has 0 aliphatic rings. The zero-order chi connectivity index (χ0) is 23.2. The number of aryl methyl sites for hydroxylation is 1. The Morgan fingerprint density at radius 3 is 2.55 bits per heavy atom. The molecule has 0 radical (unpaired) electrons. The van der Waals surface area contributed by atoms with Crippen LogP contribution < -0.4 is 5.43 Å². The maximum absolute atomic E-state index is 12.4. The molecule has 0 fully saturated rings. The molecule has 4 aromatic rings. The van der Waals surface area contributed by atoms with Crippen LogP contribution in [0, 0.1) is 6.92 Å². The maximum atomic E-state index is 12.4. The first-order valence-corrected chi connectivity index (χ1v) is 12.1. The second-order valence-electron chi connectivity index (χ2n) is 7.09. The number of thioether (sulfide) groups is 1. The van der Waals surface area contributed by atoms with Crippen molar-refractivity contribution >= 4 is 51.4 Å². The van der Waals surface area contributed by atoms with Crippen molar-refractivity contribution in [3.05, 3.63) is 93.4 Å². The van der Waals surface area contributed by atoms with Crippen LogP contribution in [0.3, 0.4) is 0 Å². The molecule has 6 nitrogen and oxygen atoms in total. The zero-order valence-electron chi connectivity index (χ0n) is 17.6. The summed E-state index contributed by atoms with van der Waals surface area (Å²) in [6.07, 6.45) is 1.60. The molecular formula is C24H19BrClN5OS. The molecule has 1 heterocycles. The largest absolute Gasteiger partial charge is 0.272 e. The van der Waals surface area contributed by atoms with Gasteiger partial charge in [-0.25, -0.2) is 5.43 Å². The van der Waals surface area contributed by atoms with E-state index in [2.05, 4.69) is 36.7 Å². The number of halogens is 2. The van der Waals surface area contributed by atoms with Crippen LogP contribution in [-0.2, 0) is 4.79 Å². The Hall–Kier alpha value is -2.94. The lowest BCUT2D eigenvalue weighted by atomic mass is 10.1. The highest BCUT2D eigenvalue weighted by Crippen LogP contribution is 2.28. The SMILES string of the molecule is Cc1ccc(-c2nnc(SCC(=O)NN=Cc3ccccc3Br)n2-c2ccc(Cl)cc2)cc1. The minimum Gasteiger partial charge on any atom is -0.272 e. The van der Waals surface area contributed by atoms with Gasteiger partial charge in [-0.15, -0.1) is 10.2 Å². The third kappa shape index (κ3) is 5.90. The summed E-state index contributed by atoms with van der Waals surface area (Å²) in [5.41, 5.74) is 6.37. The molecule has 1 amide bonds. The van der Waals surface area contributed by atoms with E-state index in [1.165, 1.54) is 11.8 Å². The van der Waals surface area contributed by atoms with Crippen molar-refractivity contribution in [1.82, 2.24) is 20.2 Å². The van der Waals surface area contributed by atoms with Gasteiger partial charge in [0.15, 0.2) is 11.0 Å². The summed E-state index contributed by atoms with van der Waals surface area (Å²) in [7, 11) is 0. The van der Waals surface area contributed by atoms with E-state index in [0.29, 0.717) is 16.0 Å². The monoisotopic (exact) mass is 539 g/mol. The van der Waals surface area contributed by atoms with E-state index >= 15 is 0 Å². The Balaban J connectivity index is 1.52. The van der Waals surface area contributed by atoms with E-state index in [1.807, 2.05) is 84.3 Å². The van der Waals surface area contributed by atoms with Crippen LogP contribution in [-0.4, -0.2) is 32.6 Å². The highest BCUT2D eigenvalue weighted by atomic mass is 79.9. The topological polar surface area (TPSA) is 72.2 Å². The van der Waals surface area contributed by atoms with E-state index in [0.717, 1.165) is 26.9 Å². The van der Waals surface area contributed by atoms with Crippen molar-refractivity contribution in [3.8, 4) is 17.1 Å². The average Bonchev–Trinajstić information content (AvgIpc) is 3.24. The summed E-state index contributed by atoms with van der Waals surface area (Å²) in [5, 5.41) is 14.0. The van der Waals surface area contributed by atoms with E-state index in [4.69, 9.17) is 11.6 Å². The molecule has 33 heavy (non-hydrogen) atoms. The highest BCUT2D eigenvalue weighted by molar-refractivity contribution is 9.10. The number of carbonyl (C=O) groups excluding carboxylic acids is 1. The molecule has 0 aliphatic heterocycles. The predicted octanol–water partition coefficient (Wildman–Crippen LogP) is 5.90. The first-order chi connectivity index (χ1) is 16.0. The number of amides is 1. The lowest BCUT2D eigenvalue weighted by molar-refractivity contribution is -0.118. The number of nitrogens with zero attached hydrogens (tertiary/aromatic N) is 4. The van der Waals surface area contributed by atoms with Gasteiger partial charge in [0.2, 0.25) is 0 Å². The van der Waals surface area contributed by atoms with E-state index in [1.54, 1.807) is 6.21 Å². The summed E-state index contributed by atoms with van der Waals surface area (Å²) in [4.78, 5) is 12.4. The maximum Gasteiger partial charge on any atom is 0.250 e. The number of rotatable bonds is 7. The molecule has 1 N–H and O–H groups in total. The molecule has 3 aromatic carbocycles. The van der Waals surface area contributed by atoms with Crippen molar-refractivity contribution in [2.75, 3.05) is 5.75 Å². The standard InChI is InChI=1S/C24H19BrClN5OS/c1-16-6-8-17(9-7-16)23-29-30-24(31(23)20-12-10-19(26)11-13-20)33-15-22(32)28-27-14-18-4-2-3-5-21(18)25/h2-14H,15H2,1H3,(H,28,32). The first-order valence-electron chi connectivity index (χ1n) is 9.99. The molecule has 0 saturated carbocycles. The second-order valence-corrected chi connectivity index (χ2v) is 9.32. The molecule has 1 aromatic heterocycles. The number of aromatic nitrogens is 3. The average molecular weight is 541 g/mol. The van der Waals surface area contributed by atoms with Gasteiger partial charge in [-0.2, -0.15) is 5.10 Å². The van der Waals surface area contributed by atoms with Crippen molar-refractivity contribution in [2.24, 2.45) is 5.10 Å². The lowest BCUT2D eigenvalue weighted by Gasteiger charge is -2.10. The first kappa shape index (κ1) is 23.2. The van der Waals surface area contributed by atoms with Gasteiger partial charge < -0.3 is 0 Å². The minimum absolute atomic E-state index is 0.132. The molecule has 0 aliphatic carbocycles. The van der Waals surface area contributed by atoms with Gasteiger partial charge in [0.25, 0.3) is 5.91 Å². The molecular weight excluding hydrogens is 522 g/mol. The van der Waals surface area contributed by atoms with Crippen LogP contribution in [0.25, 0.3) is 17.1 Å². The van der Waals surface area contributed by atoms with Gasteiger partial charge in [0, 0.05) is 26.3 Å². The Morgan fingerprint density at radius 1 is 1.09 bits per heavy atom. The van der Waals surface area contributed by atoms with Gasteiger partial charge in [0.05, 0.1) is 12.0 Å². The van der Waals surface area contributed by atoms with Gasteiger partial charge in [-0.1, -0.05) is 87.3 Å². The summed E-state index contributed by atoms with van der Waals surface area (Å²) in [6.45, 7) is 2.03. The number of hydrazone groups is 1. The fourth-order valence-electron chi connectivity index (χ4n) is 2.99. The Labute approximate surface area is 209 Å². The molecule has 0 bridgehead atoms. The number of benzene rings is 3. The molecule has 0 atom stereocenters. The highest BCUT2D eigenvalue weighted by Gasteiger charge is 2.17. The number of hydrogen-bond acceptors (Lipinski definition) is 5. The third-order valence-corrected chi connectivity index (χ3v) is 6.56.